The van der Waals surface area contributed by atoms with Gasteiger partial charge in [0.25, 0.3) is 5.91 Å². The number of hydrogen-bond acceptors (Lipinski definition) is 8. The fourth-order valence-electron chi connectivity index (χ4n) is 5.08. The Labute approximate surface area is 264 Å². The van der Waals surface area contributed by atoms with Gasteiger partial charge in [0, 0.05) is 45.9 Å². The molecule has 13 heteroatoms. The van der Waals surface area contributed by atoms with Crippen LogP contribution in [0.2, 0.25) is 5.02 Å². The Morgan fingerprint density at radius 1 is 1.11 bits per heavy atom. The number of ether oxygens (including phenoxy) is 3. The summed E-state index contributed by atoms with van der Waals surface area (Å²) in [7, 11) is 2.94. The molecule has 45 heavy (non-hydrogen) atoms. The number of anilines is 2. The second kappa shape index (κ2) is 13.6. The van der Waals surface area contributed by atoms with Gasteiger partial charge < -0.3 is 29.3 Å². The van der Waals surface area contributed by atoms with E-state index in [1.807, 2.05) is 19.9 Å². The number of oxime groups is 1. The summed E-state index contributed by atoms with van der Waals surface area (Å²) in [5.41, 5.74) is 2.45. The Hall–Kier alpha value is -4.63. The van der Waals surface area contributed by atoms with Crippen LogP contribution >= 0.6 is 11.6 Å². The highest BCUT2D eigenvalue weighted by molar-refractivity contribution is 6.30. The highest BCUT2D eigenvalue weighted by atomic mass is 35.5. The molecule has 1 N–H and O–H groups in total. The Bertz CT molecular complexity index is 1640. The Balaban J connectivity index is 1.79. The zero-order chi connectivity index (χ0) is 32.9. The molecule has 1 aliphatic heterocycles. The minimum Gasteiger partial charge on any atom is -0.497 e. The van der Waals surface area contributed by atoms with Crippen LogP contribution in [0.25, 0.3) is 0 Å². The van der Waals surface area contributed by atoms with Gasteiger partial charge in [-0.1, -0.05) is 42.7 Å². The fraction of sp³-hybridized carbons (Fsp3) is 0.344. The molecule has 0 bridgehead atoms. The number of methoxy groups -OCH3 is 2. The quantitative estimate of drug-likeness (QED) is 0.132. The van der Waals surface area contributed by atoms with Crippen LogP contribution in [0.3, 0.4) is 0 Å². The standard InChI is InChI=1S/C32H32ClF3N4O5/c1-19(39-44-12-6-11-37)20-13-22(16-24(14-20)42-4)38-29(25-9-7-21(33)15-28(25)43-5)30(41)40-18-31(2,3)26-10-8-23(17-27(26)40)45-32(34,35)36/h7-10,13-17,29,38H,6,12,18H2,1-5H3. The molecule has 1 amide bonds. The molecule has 1 unspecified atom stereocenters. The second-order valence-corrected chi connectivity index (χ2v) is 11.3. The number of nitrogens with zero attached hydrogens (tertiary/aromatic N) is 3. The average molecular weight is 645 g/mol. The van der Waals surface area contributed by atoms with Crippen LogP contribution in [0, 0.1) is 11.3 Å². The van der Waals surface area contributed by atoms with Crippen molar-refractivity contribution >= 4 is 34.6 Å². The van der Waals surface area contributed by atoms with Crippen molar-refractivity contribution in [1.29, 1.82) is 5.26 Å². The predicted octanol–water partition coefficient (Wildman–Crippen LogP) is 7.39. The first-order chi connectivity index (χ1) is 21.3. The monoisotopic (exact) mass is 644 g/mol. The fourth-order valence-corrected chi connectivity index (χ4v) is 5.24. The Morgan fingerprint density at radius 3 is 2.53 bits per heavy atom. The minimum absolute atomic E-state index is 0.124. The molecule has 1 aliphatic rings. The van der Waals surface area contributed by atoms with Crippen molar-refractivity contribution in [3.05, 3.63) is 76.3 Å². The zero-order valence-electron chi connectivity index (χ0n) is 25.3. The first-order valence-corrected chi connectivity index (χ1v) is 14.2. The van der Waals surface area contributed by atoms with Crippen LogP contribution in [-0.2, 0) is 15.0 Å². The molecule has 0 fully saturated rings. The van der Waals surface area contributed by atoms with E-state index in [1.54, 1.807) is 49.4 Å². The average Bonchev–Trinajstić information content (AvgIpc) is 3.26. The molecule has 1 atom stereocenters. The van der Waals surface area contributed by atoms with Crippen LogP contribution < -0.4 is 24.4 Å². The lowest BCUT2D eigenvalue weighted by Gasteiger charge is -2.28. The minimum atomic E-state index is -4.90. The van der Waals surface area contributed by atoms with Crippen LogP contribution in [0.1, 0.15) is 49.9 Å². The number of hydrogen-bond donors (Lipinski definition) is 1. The smallest absolute Gasteiger partial charge is 0.497 e. The molecule has 0 aromatic heterocycles. The number of alkyl halides is 3. The van der Waals surface area contributed by atoms with E-state index < -0.39 is 29.5 Å². The van der Waals surface area contributed by atoms with Gasteiger partial charge in [0.05, 0.1) is 38.1 Å². The zero-order valence-corrected chi connectivity index (χ0v) is 26.0. The van der Waals surface area contributed by atoms with Gasteiger partial charge in [-0.15, -0.1) is 13.2 Å². The highest BCUT2D eigenvalue weighted by Gasteiger charge is 2.42. The third-order valence-electron chi connectivity index (χ3n) is 7.17. The number of carbonyl (C=O) groups excluding carboxylic acids is 1. The number of halogens is 4. The molecule has 238 valence electrons. The number of benzene rings is 3. The number of fused-ring (bicyclic) bond motifs is 1. The van der Waals surface area contributed by atoms with Crippen molar-refractivity contribution in [3.8, 4) is 23.3 Å². The Kier molecular flexibility index (Phi) is 10.0. The van der Waals surface area contributed by atoms with Gasteiger partial charge in [0.15, 0.2) is 0 Å². The van der Waals surface area contributed by atoms with E-state index in [-0.39, 0.29) is 19.6 Å². The van der Waals surface area contributed by atoms with Gasteiger partial charge in [-0.2, -0.15) is 5.26 Å². The molecule has 0 radical (unpaired) electrons. The van der Waals surface area contributed by atoms with E-state index in [4.69, 9.17) is 31.2 Å². The van der Waals surface area contributed by atoms with Crippen molar-refractivity contribution < 1.29 is 37.0 Å². The summed E-state index contributed by atoms with van der Waals surface area (Å²) in [4.78, 5) is 21.2. The van der Waals surface area contributed by atoms with Gasteiger partial charge in [0.1, 0.15) is 29.9 Å². The molecule has 9 nitrogen and oxygen atoms in total. The maximum atomic E-state index is 14.5. The lowest BCUT2D eigenvalue weighted by atomic mass is 9.87. The number of rotatable bonds is 11. The number of amides is 1. The van der Waals surface area contributed by atoms with E-state index in [1.165, 1.54) is 31.3 Å². The molecule has 0 aliphatic carbocycles. The van der Waals surface area contributed by atoms with Crippen LogP contribution in [-0.4, -0.2) is 45.4 Å². The largest absolute Gasteiger partial charge is 0.573 e. The molecule has 1 heterocycles. The molecule has 3 aromatic rings. The predicted molar refractivity (Wildman–Crippen MR) is 164 cm³/mol. The summed E-state index contributed by atoms with van der Waals surface area (Å²) < 4.78 is 54.5. The van der Waals surface area contributed by atoms with E-state index in [0.29, 0.717) is 50.3 Å². The third kappa shape index (κ3) is 7.91. The molecule has 3 aromatic carbocycles. The summed E-state index contributed by atoms with van der Waals surface area (Å²) in [5.74, 6) is -0.110. The van der Waals surface area contributed by atoms with Crippen LogP contribution in [0.15, 0.2) is 59.8 Å². The first-order valence-electron chi connectivity index (χ1n) is 13.8. The molecular weight excluding hydrogens is 613 g/mol. The Morgan fingerprint density at radius 2 is 1.87 bits per heavy atom. The summed E-state index contributed by atoms with van der Waals surface area (Å²) in [6, 6.07) is 14.9. The third-order valence-corrected chi connectivity index (χ3v) is 7.41. The van der Waals surface area contributed by atoms with Gasteiger partial charge in [0.2, 0.25) is 0 Å². The van der Waals surface area contributed by atoms with Crippen molar-refractivity contribution in [2.24, 2.45) is 5.16 Å². The van der Waals surface area contributed by atoms with Crippen molar-refractivity contribution in [1.82, 2.24) is 0 Å². The molecule has 0 spiro atoms. The maximum Gasteiger partial charge on any atom is 0.573 e. The van der Waals surface area contributed by atoms with E-state index in [0.717, 1.165) is 0 Å². The summed E-state index contributed by atoms with van der Waals surface area (Å²) in [6.07, 6.45) is -4.72. The SMILES string of the molecule is COc1cc(NC(C(=O)N2CC(C)(C)c3ccc(OC(F)(F)F)cc32)c2ccc(Cl)cc2OC)cc(C(C)=NOCCC#N)c1. The summed E-state index contributed by atoms with van der Waals surface area (Å²) >= 11 is 6.24. The molecule has 0 saturated carbocycles. The van der Waals surface area contributed by atoms with Crippen LogP contribution in [0.5, 0.6) is 17.2 Å². The number of nitriles is 1. The maximum absolute atomic E-state index is 14.5. The van der Waals surface area contributed by atoms with Crippen LogP contribution in [0.4, 0.5) is 24.5 Å². The molecule has 0 saturated heterocycles. The topological polar surface area (TPSA) is 105 Å². The van der Waals surface area contributed by atoms with Gasteiger partial charge >= 0.3 is 6.36 Å². The number of carbonyl (C=O) groups is 1. The normalized spacial score (nSPS) is 14.7. The number of nitrogens with one attached hydrogen (secondary N) is 1. The van der Waals surface area contributed by atoms with Crippen molar-refractivity contribution in [2.45, 2.75) is 45.0 Å². The van der Waals surface area contributed by atoms with E-state index in [9.17, 15) is 18.0 Å². The second-order valence-electron chi connectivity index (χ2n) is 10.9. The summed E-state index contributed by atoms with van der Waals surface area (Å²) in [5, 5.41) is 16.5. The van der Waals surface area contributed by atoms with Gasteiger partial charge in [-0.05, 0) is 42.8 Å². The van der Waals surface area contributed by atoms with Gasteiger partial charge in [-0.3, -0.25) is 4.79 Å². The summed E-state index contributed by atoms with van der Waals surface area (Å²) in [6.45, 7) is 5.85. The van der Waals surface area contributed by atoms with Crippen molar-refractivity contribution in [3.63, 3.8) is 0 Å². The lowest BCUT2D eigenvalue weighted by molar-refractivity contribution is -0.274. The van der Waals surface area contributed by atoms with Gasteiger partial charge in [-0.25, -0.2) is 0 Å². The first kappa shape index (κ1) is 33.3. The molecular formula is C32H32ClF3N4O5. The lowest BCUT2D eigenvalue weighted by Crippen LogP contribution is -2.39. The molecule has 4 rings (SSSR count). The highest BCUT2D eigenvalue weighted by Crippen LogP contribution is 2.45. The van der Waals surface area contributed by atoms with Crippen molar-refractivity contribution in [2.75, 3.05) is 37.6 Å². The van der Waals surface area contributed by atoms with E-state index in [2.05, 4.69) is 15.2 Å². The van der Waals surface area contributed by atoms with E-state index >= 15 is 0 Å².